The van der Waals surface area contributed by atoms with Crippen LogP contribution in [0, 0.1) is 5.92 Å². The van der Waals surface area contributed by atoms with Crippen molar-refractivity contribution in [1.29, 1.82) is 0 Å². The van der Waals surface area contributed by atoms with Crippen molar-refractivity contribution in [3.05, 3.63) is 29.8 Å². The summed E-state index contributed by atoms with van der Waals surface area (Å²) in [6.07, 6.45) is 13.3. The molecule has 2 heteroatoms. The first-order valence-corrected chi connectivity index (χ1v) is 10.5. The lowest BCUT2D eigenvalue weighted by Crippen LogP contribution is -2.58. The minimum absolute atomic E-state index is 0.00173. The van der Waals surface area contributed by atoms with E-state index in [0.29, 0.717) is 5.75 Å². The molecule has 0 amide bonds. The van der Waals surface area contributed by atoms with Crippen LogP contribution in [0.1, 0.15) is 83.6 Å². The fraction of sp³-hybridized carbons (Fsp3) is 0.739. The lowest BCUT2D eigenvalue weighted by atomic mass is 9.63. The summed E-state index contributed by atoms with van der Waals surface area (Å²) in [5, 5.41) is 10.6. The average molecular weight is 344 g/mol. The zero-order valence-corrected chi connectivity index (χ0v) is 16.6. The lowest BCUT2D eigenvalue weighted by molar-refractivity contribution is 0.0281. The highest BCUT2D eigenvalue weighted by molar-refractivity contribution is 5.41. The molecule has 0 heterocycles. The number of rotatable bonds is 4. The van der Waals surface area contributed by atoms with E-state index in [-0.39, 0.29) is 11.0 Å². The van der Waals surface area contributed by atoms with Crippen LogP contribution in [0.15, 0.2) is 24.3 Å². The fourth-order valence-corrected chi connectivity index (χ4v) is 5.61. The van der Waals surface area contributed by atoms with Crippen molar-refractivity contribution < 1.29 is 5.11 Å². The number of phenolic OH excluding ortho intramolecular Hbond substituents is 1. The Bertz CT molecular complexity index is 565. The Morgan fingerprint density at radius 2 is 1.60 bits per heavy atom. The molecular weight excluding hydrogens is 306 g/mol. The number of hydrogen-bond donors (Lipinski definition) is 1. The van der Waals surface area contributed by atoms with Crippen LogP contribution in [-0.4, -0.2) is 29.1 Å². The van der Waals surface area contributed by atoms with Crippen molar-refractivity contribution in [3.63, 3.8) is 0 Å². The topological polar surface area (TPSA) is 23.5 Å². The molecule has 1 N–H and O–H groups in total. The number of hydrogen-bond acceptors (Lipinski definition) is 2. The first-order valence-electron chi connectivity index (χ1n) is 10.5. The quantitative estimate of drug-likeness (QED) is 0.690. The van der Waals surface area contributed by atoms with Crippen molar-refractivity contribution in [1.82, 2.24) is 4.90 Å². The van der Waals surface area contributed by atoms with Gasteiger partial charge in [-0.2, -0.15) is 0 Å². The summed E-state index contributed by atoms with van der Waals surface area (Å²) in [4.78, 5) is 2.67. The molecule has 2 atom stereocenters. The van der Waals surface area contributed by atoms with Crippen LogP contribution in [0.2, 0.25) is 0 Å². The molecule has 2 aliphatic carbocycles. The van der Waals surface area contributed by atoms with Gasteiger partial charge in [0.25, 0.3) is 0 Å². The first-order chi connectivity index (χ1) is 12.0. The van der Waals surface area contributed by atoms with Crippen molar-refractivity contribution in [2.45, 2.75) is 89.0 Å². The standard InChI is InChI=1S/C23H37NO/c1-22(20-14-8-9-15-21(20)25)16-10-5-11-17-23(22,2)24(3)18-19-12-6-4-7-13-19/h8-9,14-15,19,25H,4-7,10-13,16-18H2,1-3H3. The molecule has 0 radical (unpaired) electrons. The Labute approximate surface area is 154 Å². The third-order valence-corrected chi connectivity index (χ3v) is 7.63. The van der Waals surface area contributed by atoms with Gasteiger partial charge in [-0.3, -0.25) is 4.90 Å². The monoisotopic (exact) mass is 343 g/mol. The van der Waals surface area contributed by atoms with E-state index >= 15 is 0 Å². The van der Waals surface area contributed by atoms with Crippen molar-refractivity contribution in [2.75, 3.05) is 13.6 Å². The Morgan fingerprint density at radius 3 is 2.32 bits per heavy atom. The van der Waals surface area contributed by atoms with E-state index in [4.69, 9.17) is 0 Å². The minimum atomic E-state index is -0.00173. The van der Waals surface area contributed by atoms with Gasteiger partial charge >= 0.3 is 0 Å². The molecule has 0 saturated heterocycles. The highest BCUT2D eigenvalue weighted by Gasteiger charge is 2.49. The van der Waals surface area contributed by atoms with Gasteiger partial charge < -0.3 is 5.11 Å². The van der Waals surface area contributed by atoms with E-state index in [1.54, 1.807) is 0 Å². The van der Waals surface area contributed by atoms with E-state index in [1.165, 1.54) is 64.3 Å². The molecule has 3 rings (SSSR count). The summed E-state index contributed by atoms with van der Waals surface area (Å²) in [5.41, 5.74) is 1.24. The number of aromatic hydroxyl groups is 1. The van der Waals surface area contributed by atoms with Crippen molar-refractivity contribution >= 4 is 0 Å². The minimum Gasteiger partial charge on any atom is -0.508 e. The van der Waals surface area contributed by atoms with Crippen LogP contribution in [0.3, 0.4) is 0 Å². The molecule has 0 aromatic heterocycles. The Morgan fingerprint density at radius 1 is 0.960 bits per heavy atom. The second kappa shape index (κ2) is 7.70. The van der Waals surface area contributed by atoms with Gasteiger partial charge in [-0.05, 0) is 51.6 Å². The van der Waals surface area contributed by atoms with Gasteiger partial charge in [-0.15, -0.1) is 0 Å². The van der Waals surface area contributed by atoms with E-state index in [0.717, 1.165) is 17.9 Å². The average Bonchev–Trinajstić information content (AvgIpc) is 2.77. The van der Waals surface area contributed by atoms with Gasteiger partial charge in [0.1, 0.15) is 5.75 Å². The number of likely N-dealkylation sites (N-methyl/N-ethyl adjacent to an activating group) is 1. The molecule has 1 aromatic rings. The molecule has 1 aromatic carbocycles. The summed E-state index contributed by atoms with van der Waals surface area (Å²) in [6, 6.07) is 8.06. The normalized spacial score (nSPS) is 31.8. The molecule has 2 saturated carbocycles. The molecule has 2 nitrogen and oxygen atoms in total. The highest BCUT2D eigenvalue weighted by Crippen LogP contribution is 2.50. The third kappa shape index (κ3) is 3.60. The van der Waals surface area contributed by atoms with E-state index in [9.17, 15) is 5.11 Å². The summed E-state index contributed by atoms with van der Waals surface area (Å²) >= 11 is 0. The maximum atomic E-state index is 10.6. The molecule has 25 heavy (non-hydrogen) atoms. The maximum absolute atomic E-state index is 10.6. The summed E-state index contributed by atoms with van der Waals surface area (Å²) in [7, 11) is 2.35. The summed E-state index contributed by atoms with van der Waals surface area (Å²) in [6.45, 7) is 6.08. The zero-order valence-electron chi connectivity index (χ0n) is 16.6. The van der Waals surface area contributed by atoms with Crippen LogP contribution in [0.4, 0.5) is 0 Å². The molecule has 0 bridgehead atoms. The predicted molar refractivity (Wildman–Crippen MR) is 106 cm³/mol. The van der Waals surface area contributed by atoms with Crippen molar-refractivity contribution in [2.24, 2.45) is 5.92 Å². The fourth-order valence-electron chi connectivity index (χ4n) is 5.61. The SMILES string of the molecule is CN(CC1CCCCC1)C1(C)CCCCCC1(C)c1ccccc1O. The van der Waals surface area contributed by atoms with Crippen LogP contribution in [0.5, 0.6) is 5.75 Å². The second-order valence-electron chi connectivity index (χ2n) is 9.07. The van der Waals surface area contributed by atoms with Gasteiger partial charge in [-0.25, -0.2) is 0 Å². The van der Waals surface area contributed by atoms with Crippen molar-refractivity contribution in [3.8, 4) is 5.75 Å². The van der Waals surface area contributed by atoms with E-state index in [2.05, 4.69) is 37.9 Å². The van der Waals surface area contributed by atoms with Crippen LogP contribution in [-0.2, 0) is 5.41 Å². The molecule has 2 fully saturated rings. The zero-order chi connectivity index (χ0) is 17.9. The van der Waals surface area contributed by atoms with Gasteiger partial charge in [0, 0.05) is 23.1 Å². The van der Waals surface area contributed by atoms with Gasteiger partial charge in [0.05, 0.1) is 0 Å². The van der Waals surface area contributed by atoms with E-state index < -0.39 is 0 Å². The van der Waals surface area contributed by atoms with E-state index in [1.807, 2.05) is 12.1 Å². The predicted octanol–water partition coefficient (Wildman–Crippen LogP) is 5.88. The summed E-state index contributed by atoms with van der Waals surface area (Å²) < 4.78 is 0. The molecule has 0 aliphatic heterocycles. The van der Waals surface area contributed by atoms with Gasteiger partial charge in [0.15, 0.2) is 0 Å². The maximum Gasteiger partial charge on any atom is 0.119 e. The third-order valence-electron chi connectivity index (χ3n) is 7.63. The molecular formula is C23H37NO. The molecule has 2 unspecified atom stereocenters. The van der Waals surface area contributed by atoms with Crippen LogP contribution < -0.4 is 0 Å². The molecule has 0 spiro atoms. The smallest absolute Gasteiger partial charge is 0.119 e. The van der Waals surface area contributed by atoms with Gasteiger partial charge in [-0.1, -0.05) is 63.6 Å². The molecule has 140 valence electrons. The highest BCUT2D eigenvalue weighted by atomic mass is 16.3. The van der Waals surface area contributed by atoms with Crippen LogP contribution >= 0.6 is 0 Å². The molecule has 2 aliphatic rings. The Kier molecular flexibility index (Phi) is 5.78. The Hall–Kier alpha value is -1.02. The number of phenols is 1. The Balaban J connectivity index is 1.91. The number of nitrogens with zero attached hydrogens (tertiary/aromatic N) is 1. The van der Waals surface area contributed by atoms with Crippen LogP contribution in [0.25, 0.3) is 0 Å². The first kappa shape index (κ1) is 18.8. The lowest BCUT2D eigenvalue weighted by Gasteiger charge is -2.53. The van der Waals surface area contributed by atoms with Gasteiger partial charge in [0.2, 0.25) is 0 Å². The number of benzene rings is 1. The second-order valence-corrected chi connectivity index (χ2v) is 9.07. The summed E-state index contributed by atoms with van der Waals surface area (Å²) in [5.74, 6) is 1.33. The number of para-hydroxylation sites is 1. The largest absolute Gasteiger partial charge is 0.508 e.